The molecule has 8 nitrogen and oxygen atoms in total. The van der Waals surface area contributed by atoms with Crippen molar-refractivity contribution >= 4 is 87.2 Å². The van der Waals surface area contributed by atoms with Crippen LogP contribution in [0, 0.1) is 0 Å². The molecule has 0 radical (unpaired) electrons. The zero-order chi connectivity index (χ0) is 53.8. The summed E-state index contributed by atoms with van der Waals surface area (Å²) < 4.78 is 9.64. The van der Waals surface area contributed by atoms with Crippen molar-refractivity contribution in [1.29, 1.82) is 0 Å². The molecule has 11 aromatic carbocycles. The highest BCUT2D eigenvalue weighted by Crippen LogP contribution is 2.44. The van der Waals surface area contributed by atoms with Crippen molar-refractivity contribution in [2.45, 2.75) is 0 Å². The molecule has 0 N–H and O–H groups in total. The molecule has 0 unspecified atom stereocenters. The number of fused-ring (bicyclic) bond motifs is 12. The molecule has 0 fully saturated rings. The van der Waals surface area contributed by atoms with E-state index in [4.69, 9.17) is 19.9 Å². The molecule has 382 valence electrons. The zero-order valence-electron chi connectivity index (χ0n) is 44.1. The molecular weight excluding hydrogens is 1000 g/mol. The molecule has 17 rings (SSSR count). The van der Waals surface area contributed by atoms with E-state index in [-0.39, 0.29) is 0 Å². The summed E-state index contributed by atoms with van der Waals surface area (Å²) in [6.45, 7) is 0. The second kappa shape index (κ2) is 18.2. The lowest BCUT2D eigenvalue weighted by atomic mass is 10.0. The Kier molecular flexibility index (Phi) is 10.1. The first kappa shape index (κ1) is 45.8. The molecule has 0 spiro atoms. The standard InChI is InChI=1S/C74H46N8/c1-5-21-47(22-6-1)72-76-73(48-23-7-2-8-24-48)78-74(77-72)49-37-38-67(82-66-36-20-16-32-56(66)60-44-58-54-30-14-18-34-64(54)80(69(58)46-71(60)82)51-27-11-4-12-28-51)61(41-49)62-42-52(39-40-75-62)81-65-35-19-15-31-55(65)59-43-57-53-29-13-17-33-63(53)79(68(57)45-70(59)81)50-25-9-3-10-26-50/h1-46H. The van der Waals surface area contributed by atoms with E-state index in [1.807, 2.05) is 42.6 Å². The smallest absolute Gasteiger partial charge is 0.164 e. The number of aromatic nitrogens is 8. The van der Waals surface area contributed by atoms with Crippen molar-refractivity contribution in [3.8, 4) is 68.2 Å². The summed E-state index contributed by atoms with van der Waals surface area (Å²) >= 11 is 0. The molecule has 82 heavy (non-hydrogen) atoms. The van der Waals surface area contributed by atoms with E-state index in [1.54, 1.807) is 0 Å². The van der Waals surface area contributed by atoms with E-state index in [0.29, 0.717) is 17.5 Å². The number of pyridine rings is 1. The molecule has 6 aromatic heterocycles. The molecule has 17 aromatic rings. The van der Waals surface area contributed by atoms with Crippen molar-refractivity contribution in [3.05, 3.63) is 279 Å². The fourth-order valence-electron chi connectivity index (χ4n) is 12.8. The van der Waals surface area contributed by atoms with Crippen LogP contribution in [0.1, 0.15) is 0 Å². The van der Waals surface area contributed by atoms with E-state index in [0.717, 1.165) is 100 Å². The van der Waals surface area contributed by atoms with E-state index in [9.17, 15) is 0 Å². The number of rotatable bonds is 8. The van der Waals surface area contributed by atoms with Crippen LogP contribution in [0.2, 0.25) is 0 Å². The molecule has 0 aliphatic heterocycles. The molecule has 0 bridgehead atoms. The highest BCUT2D eigenvalue weighted by Gasteiger charge is 2.24. The maximum absolute atomic E-state index is 5.35. The van der Waals surface area contributed by atoms with Crippen LogP contribution < -0.4 is 0 Å². The van der Waals surface area contributed by atoms with Crippen LogP contribution in [-0.4, -0.2) is 38.2 Å². The normalized spacial score (nSPS) is 11.9. The molecule has 0 saturated carbocycles. The first-order valence-corrected chi connectivity index (χ1v) is 27.7. The van der Waals surface area contributed by atoms with Gasteiger partial charge in [-0.15, -0.1) is 0 Å². The molecule has 0 saturated heterocycles. The lowest BCUT2D eigenvalue weighted by molar-refractivity contribution is 1.07. The summed E-state index contributed by atoms with van der Waals surface area (Å²) in [5.74, 6) is 1.76. The topological polar surface area (TPSA) is 71.3 Å². The third kappa shape index (κ3) is 7.05. The van der Waals surface area contributed by atoms with Gasteiger partial charge in [0.1, 0.15) is 0 Å². The third-order valence-electron chi connectivity index (χ3n) is 16.4. The van der Waals surface area contributed by atoms with Crippen LogP contribution in [-0.2, 0) is 0 Å². The minimum Gasteiger partial charge on any atom is -0.309 e. The second-order valence-electron chi connectivity index (χ2n) is 21.0. The quantitative estimate of drug-likeness (QED) is 0.152. The van der Waals surface area contributed by atoms with E-state index in [1.165, 1.54) is 37.8 Å². The van der Waals surface area contributed by atoms with E-state index < -0.39 is 0 Å². The maximum atomic E-state index is 5.35. The lowest BCUT2D eigenvalue weighted by Gasteiger charge is -2.17. The molecule has 0 atom stereocenters. The highest BCUT2D eigenvalue weighted by atomic mass is 15.0. The van der Waals surface area contributed by atoms with Gasteiger partial charge in [0.25, 0.3) is 0 Å². The monoisotopic (exact) mass is 1050 g/mol. The fraction of sp³-hybridized carbons (Fsp3) is 0. The molecule has 6 heterocycles. The molecule has 0 aliphatic carbocycles. The Morgan fingerprint density at radius 1 is 0.232 bits per heavy atom. The van der Waals surface area contributed by atoms with Crippen LogP contribution in [0.4, 0.5) is 0 Å². The summed E-state index contributed by atoms with van der Waals surface area (Å²) in [5, 5.41) is 9.53. The number of para-hydroxylation sites is 6. The van der Waals surface area contributed by atoms with Gasteiger partial charge in [0, 0.05) is 88.6 Å². The van der Waals surface area contributed by atoms with Crippen LogP contribution in [0.25, 0.3) is 155 Å². The van der Waals surface area contributed by atoms with Crippen molar-refractivity contribution < 1.29 is 0 Å². The van der Waals surface area contributed by atoms with Gasteiger partial charge in [0.2, 0.25) is 0 Å². The van der Waals surface area contributed by atoms with Gasteiger partial charge in [-0.3, -0.25) is 4.98 Å². The molecule has 8 heteroatoms. The van der Waals surface area contributed by atoms with Gasteiger partial charge in [0.15, 0.2) is 17.5 Å². The number of nitrogens with zero attached hydrogens (tertiary/aromatic N) is 8. The summed E-state index contributed by atoms with van der Waals surface area (Å²) in [6, 6.07) is 97.3. The van der Waals surface area contributed by atoms with Crippen LogP contribution in [0.5, 0.6) is 0 Å². The summed E-state index contributed by atoms with van der Waals surface area (Å²) in [4.78, 5) is 20.9. The number of hydrogen-bond acceptors (Lipinski definition) is 4. The predicted molar refractivity (Wildman–Crippen MR) is 337 cm³/mol. The first-order valence-electron chi connectivity index (χ1n) is 27.7. The minimum absolute atomic E-state index is 0.563. The van der Waals surface area contributed by atoms with Gasteiger partial charge in [-0.25, -0.2) is 15.0 Å². The Bertz CT molecular complexity index is 5330. The van der Waals surface area contributed by atoms with Crippen molar-refractivity contribution in [2.75, 3.05) is 0 Å². The molecule has 0 aliphatic rings. The summed E-state index contributed by atoms with van der Waals surface area (Å²) in [5.41, 5.74) is 17.5. The van der Waals surface area contributed by atoms with Gasteiger partial charge >= 0.3 is 0 Å². The Morgan fingerprint density at radius 2 is 0.598 bits per heavy atom. The average Bonchev–Trinajstić information content (AvgIpc) is 4.44. The summed E-state index contributed by atoms with van der Waals surface area (Å²) in [7, 11) is 0. The molecule has 0 amide bonds. The zero-order valence-corrected chi connectivity index (χ0v) is 44.1. The minimum atomic E-state index is 0.563. The number of benzene rings is 11. The van der Waals surface area contributed by atoms with Crippen LogP contribution >= 0.6 is 0 Å². The van der Waals surface area contributed by atoms with Gasteiger partial charge in [-0.2, -0.15) is 0 Å². The maximum Gasteiger partial charge on any atom is 0.164 e. The Morgan fingerprint density at radius 3 is 1.05 bits per heavy atom. The first-order chi connectivity index (χ1) is 40.7. The van der Waals surface area contributed by atoms with Crippen LogP contribution in [0.15, 0.2) is 279 Å². The van der Waals surface area contributed by atoms with Crippen molar-refractivity contribution in [3.63, 3.8) is 0 Å². The lowest BCUT2D eigenvalue weighted by Crippen LogP contribution is -2.03. The van der Waals surface area contributed by atoms with Crippen LogP contribution in [0.3, 0.4) is 0 Å². The average molecular weight is 1050 g/mol. The van der Waals surface area contributed by atoms with Gasteiger partial charge in [-0.1, -0.05) is 170 Å². The fourth-order valence-corrected chi connectivity index (χ4v) is 12.8. The summed E-state index contributed by atoms with van der Waals surface area (Å²) in [6.07, 6.45) is 1.96. The second-order valence-corrected chi connectivity index (χ2v) is 21.0. The van der Waals surface area contributed by atoms with E-state index in [2.05, 4.69) is 255 Å². The van der Waals surface area contributed by atoms with Gasteiger partial charge in [-0.05, 0) is 103 Å². The Hall–Kier alpha value is -11.2. The third-order valence-corrected chi connectivity index (χ3v) is 16.4. The Balaban J connectivity index is 0.944. The largest absolute Gasteiger partial charge is 0.309 e. The molecular formula is C74H46N8. The van der Waals surface area contributed by atoms with E-state index >= 15 is 0 Å². The van der Waals surface area contributed by atoms with Gasteiger partial charge < -0.3 is 18.3 Å². The number of hydrogen-bond donors (Lipinski definition) is 0. The highest BCUT2D eigenvalue weighted by molar-refractivity contribution is 6.21. The van der Waals surface area contributed by atoms with Crippen molar-refractivity contribution in [1.82, 2.24) is 38.2 Å². The SMILES string of the molecule is c1ccc(-c2nc(-c3ccccc3)nc(-c3ccc(-n4c5ccccc5c5cc6c7ccccc7n(-c7ccccc7)c6cc54)c(-c4cc(-n5c6ccccc6c6cc7c8ccccc8n(-c8ccccc8)c7cc65)ccn4)c3)n2)cc1. The van der Waals surface area contributed by atoms with Crippen molar-refractivity contribution in [2.24, 2.45) is 0 Å². The Labute approximate surface area is 470 Å². The predicted octanol–water partition coefficient (Wildman–Crippen LogP) is 18.3. The van der Waals surface area contributed by atoms with Gasteiger partial charge in [0.05, 0.1) is 55.5 Å².